The number of ether oxygens (including phenoxy) is 2. The summed E-state index contributed by atoms with van der Waals surface area (Å²) in [7, 11) is 5.15. The molecule has 2 aromatic heterocycles. The molecule has 1 atom stereocenters. The Balaban J connectivity index is 1.53. The van der Waals surface area contributed by atoms with Crippen molar-refractivity contribution in [1.82, 2.24) is 19.9 Å². The molecule has 3 aromatic rings. The number of imidazole rings is 1. The van der Waals surface area contributed by atoms with Crippen LogP contribution in [0.3, 0.4) is 0 Å². The molecule has 9 heteroatoms. The number of thiazole rings is 1. The molecule has 1 N–H and O–H groups in total. The molecule has 0 radical (unpaired) electrons. The Bertz CT molecular complexity index is 958. The van der Waals surface area contributed by atoms with Crippen molar-refractivity contribution in [3.63, 3.8) is 0 Å². The molecule has 28 heavy (non-hydrogen) atoms. The van der Waals surface area contributed by atoms with Gasteiger partial charge in [0.2, 0.25) is 0 Å². The highest BCUT2D eigenvalue weighted by Crippen LogP contribution is 2.40. The molecular weight excluding hydrogens is 378 g/mol. The Morgan fingerprint density at radius 1 is 1.29 bits per heavy atom. The van der Waals surface area contributed by atoms with E-state index in [0.29, 0.717) is 12.2 Å². The molecule has 0 bridgehead atoms. The van der Waals surface area contributed by atoms with Crippen LogP contribution in [0, 0.1) is 0 Å². The fraction of sp³-hybridized carbons (Fsp3) is 0.421. The number of fused-ring (bicyclic) bond motifs is 1. The van der Waals surface area contributed by atoms with E-state index in [9.17, 15) is 4.79 Å². The van der Waals surface area contributed by atoms with Crippen molar-refractivity contribution in [3.8, 4) is 11.5 Å². The molecule has 3 heterocycles. The lowest BCUT2D eigenvalue weighted by molar-refractivity contribution is 0.0928. The maximum absolute atomic E-state index is 12.4. The molecule has 0 spiro atoms. The van der Waals surface area contributed by atoms with E-state index >= 15 is 0 Å². The predicted molar refractivity (Wildman–Crippen MR) is 109 cm³/mol. The van der Waals surface area contributed by atoms with Crippen LogP contribution in [0.1, 0.15) is 23.3 Å². The summed E-state index contributed by atoms with van der Waals surface area (Å²) in [4.78, 5) is 23.6. The number of carbonyl (C=O) groups is 1. The fourth-order valence-electron chi connectivity index (χ4n) is 3.47. The van der Waals surface area contributed by atoms with E-state index in [1.807, 2.05) is 19.2 Å². The van der Waals surface area contributed by atoms with E-state index in [-0.39, 0.29) is 11.9 Å². The number of benzene rings is 1. The summed E-state index contributed by atoms with van der Waals surface area (Å²) in [5.74, 6) is 1.38. The van der Waals surface area contributed by atoms with Gasteiger partial charge in [-0.2, -0.15) is 0 Å². The number of anilines is 1. The Morgan fingerprint density at radius 2 is 2.07 bits per heavy atom. The average Bonchev–Trinajstić information content (AvgIpc) is 3.34. The number of hydrogen-bond acceptors (Lipinski definition) is 7. The van der Waals surface area contributed by atoms with Crippen molar-refractivity contribution in [1.29, 1.82) is 0 Å². The molecule has 1 aliphatic rings. The third-order valence-corrected chi connectivity index (χ3v) is 5.99. The monoisotopic (exact) mass is 401 g/mol. The van der Waals surface area contributed by atoms with Gasteiger partial charge in [0.1, 0.15) is 27.4 Å². The number of hydrogen-bond donors (Lipinski definition) is 1. The van der Waals surface area contributed by atoms with Gasteiger partial charge in [0.15, 0.2) is 5.13 Å². The number of nitrogens with one attached hydrogen (secondary N) is 1. The van der Waals surface area contributed by atoms with Gasteiger partial charge in [0.05, 0.1) is 20.5 Å². The molecule has 0 saturated carbocycles. The van der Waals surface area contributed by atoms with Gasteiger partial charge in [-0.25, -0.2) is 9.97 Å². The maximum Gasteiger partial charge on any atom is 0.271 e. The number of methoxy groups -OCH3 is 2. The van der Waals surface area contributed by atoms with Gasteiger partial charge in [-0.1, -0.05) is 11.3 Å². The number of carbonyl (C=O) groups excluding carboxylic acids is 1. The third kappa shape index (κ3) is 3.49. The minimum atomic E-state index is -0.139. The summed E-state index contributed by atoms with van der Waals surface area (Å²) in [6.07, 6.45) is 5.27. The number of aromatic nitrogens is 3. The lowest BCUT2D eigenvalue weighted by Gasteiger charge is -2.32. The zero-order chi connectivity index (χ0) is 19.7. The second-order valence-corrected chi connectivity index (χ2v) is 7.80. The Hall–Kier alpha value is -2.81. The first-order valence-electron chi connectivity index (χ1n) is 9.14. The topological polar surface area (TPSA) is 81.5 Å². The van der Waals surface area contributed by atoms with Crippen LogP contribution in [0.2, 0.25) is 0 Å². The van der Waals surface area contributed by atoms with Crippen LogP contribution in [0.5, 0.6) is 11.5 Å². The van der Waals surface area contributed by atoms with Crippen LogP contribution in [-0.2, 0) is 7.05 Å². The lowest BCUT2D eigenvalue weighted by Crippen LogP contribution is -2.47. The van der Waals surface area contributed by atoms with E-state index in [1.54, 1.807) is 42.6 Å². The molecule has 0 aliphatic carbocycles. The maximum atomic E-state index is 12.4. The zero-order valence-electron chi connectivity index (χ0n) is 16.1. The predicted octanol–water partition coefficient (Wildman–Crippen LogP) is 2.45. The second-order valence-electron chi connectivity index (χ2n) is 6.83. The van der Waals surface area contributed by atoms with Crippen molar-refractivity contribution in [2.24, 2.45) is 7.05 Å². The SMILES string of the molecule is COc1ccc(OC)c2sc(N3CCCC(NC(=O)c4cn(C)cn4)C3)nc12. The van der Waals surface area contributed by atoms with Gasteiger partial charge >= 0.3 is 0 Å². The van der Waals surface area contributed by atoms with Gasteiger partial charge in [-0.15, -0.1) is 0 Å². The van der Waals surface area contributed by atoms with Crippen molar-refractivity contribution in [2.75, 3.05) is 32.2 Å². The van der Waals surface area contributed by atoms with Gasteiger partial charge in [-0.05, 0) is 25.0 Å². The Labute approximate surface area is 167 Å². The van der Waals surface area contributed by atoms with E-state index in [2.05, 4.69) is 15.2 Å². The second kappa shape index (κ2) is 7.67. The first-order chi connectivity index (χ1) is 13.6. The number of aryl methyl sites for hydroxylation is 1. The van der Waals surface area contributed by atoms with Gasteiger partial charge in [0.25, 0.3) is 5.91 Å². The first-order valence-corrected chi connectivity index (χ1v) is 9.96. The molecule has 1 saturated heterocycles. The van der Waals surface area contributed by atoms with Gasteiger partial charge in [0, 0.05) is 32.4 Å². The fourth-order valence-corrected chi connectivity index (χ4v) is 4.58. The zero-order valence-corrected chi connectivity index (χ0v) is 17.0. The Kier molecular flexibility index (Phi) is 5.08. The van der Waals surface area contributed by atoms with E-state index in [4.69, 9.17) is 14.5 Å². The van der Waals surface area contributed by atoms with Crippen molar-refractivity contribution >= 4 is 32.6 Å². The van der Waals surface area contributed by atoms with Crippen LogP contribution in [0.4, 0.5) is 5.13 Å². The lowest BCUT2D eigenvalue weighted by atomic mass is 10.1. The van der Waals surface area contributed by atoms with Crippen LogP contribution in [-0.4, -0.2) is 53.8 Å². The highest BCUT2D eigenvalue weighted by molar-refractivity contribution is 7.22. The summed E-state index contributed by atoms with van der Waals surface area (Å²) in [6.45, 7) is 1.61. The highest BCUT2D eigenvalue weighted by atomic mass is 32.1. The standard InChI is InChI=1S/C19H23N5O3S/c1-23-10-13(20-11-23)18(25)21-12-5-4-8-24(9-12)19-22-16-14(26-2)6-7-15(27-3)17(16)28-19/h6-7,10-12H,4-5,8-9H2,1-3H3,(H,21,25). The molecular formula is C19H23N5O3S. The van der Waals surface area contributed by atoms with Crippen LogP contribution < -0.4 is 19.7 Å². The van der Waals surface area contributed by atoms with Gasteiger partial charge in [-0.3, -0.25) is 4.79 Å². The summed E-state index contributed by atoms with van der Waals surface area (Å²) in [6, 6.07) is 3.82. The number of piperidine rings is 1. The molecule has 1 aromatic carbocycles. The normalized spacial score (nSPS) is 17.0. The molecule has 8 nitrogen and oxygen atoms in total. The molecule has 1 aliphatic heterocycles. The van der Waals surface area contributed by atoms with Gasteiger partial charge < -0.3 is 24.3 Å². The summed E-state index contributed by atoms with van der Waals surface area (Å²) in [5, 5.41) is 4.01. The smallest absolute Gasteiger partial charge is 0.271 e. The Morgan fingerprint density at radius 3 is 2.79 bits per heavy atom. The largest absolute Gasteiger partial charge is 0.495 e. The third-order valence-electron chi connectivity index (χ3n) is 4.86. The molecule has 1 fully saturated rings. The minimum Gasteiger partial charge on any atom is -0.495 e. The minimum absolute atomic E-state index is 0.0547. The molecule has 1 amide bonds. The van der Waals surface area contributed by atoms with Crippen molar-refractivity contribution in [3.05, 3.63) is 30.4 Å². The quantitative estimate of drug-likeness (QED) is 0.707. The van der Waals surface area contributed by atoms with Crippen LogP contribution in [0.15, 0.2) is 24.7 Å². The summed E-state index contributed by atoms with van der Waals surface area (Å²) in [5.41, 5.74) is 1.25. The van der Waals surface area contributed by atoms with Crippen molar-refractivity contribution in [2.45, 2.75) is 18.9 Å². The first kappa shape index (κ1) is 18.5. The van der Waals surface area contributed by atoms with E-state index in [1.165, 1.54) is 0 Å². The molecule has 148 valence electrons. The molecule has 4 rings (SSSR count). The highest BCUT2D eigenvalue weighted by Gasteiger charge is 2.25. The number of amides is 1. The van der Waals surface area contributed by atoms with E-state index < -0.39 is 0 Å². The van der Waals surface area contributed by atoms with E-state index in [0.717, 1.165) is 46.2 Å². The van der Waals surface area contributed by atoms with Crippen LogP contribution >= 0.6 is 11.3 Å². The summed E-state index contributed by atoms with van der Waals surface area (Å²) < 4.78 is 13.7. The van der Waals surface area contributed by atoms with Crippen LogP contribution in [0.25, 0.3) is 10.2 Å². The summed E-state index contributed by atoms with van der Waals surface area (Å²) >= 11 is 1.59. The average molecular weight is 401 g/mol. The number of rotatable bonds is 5. The number of nitrogens with zero attached hydrogens (tertiary/aromatic N) is 4. The molecule has 1 unspecified atom stereocenters. The van der Waals surface area contributed by atoms with Crippen molar-refractivity contribution < 1.29 is 14.3 Å².